The Bertz CT molecular complexity index is 1210. The number of hydrogen-bond acceptors (Lipinski definition) is 7. The molecule has 1 N–H and O–H groups in total. The van der Waals surface area contributed by atoms with E-state index >= 15 is 0 Å². The molecular weight excluding hydrogens is 414 g/mol. The Labute approximate surface area is 192 Å². The summed E-state index contributed by atoms with van der Waals surface area (Å²) < 4.78 is 0. The lowest BCUT2D eigenvalue weighted by Gasteiger charge is -2.34. The van der Waals surface area contributed by atoms with Gasteiger partial charge in [-0.2, -0.15) is 5.26 Å². The Morgan fingerprint density at radius 3 is 2.55 bits per heavy atom. The van der Waals surface area contributed by atoms with Crippen molar-refractivity contribution in [3.05, 3.63) is 59.9 Å². The summed E-state index contributed by atoms with van der Waals surface area (Å²) in [4.78, 5) is 29.4. The lowest BCUT2D eigenvalue weighted by atomic mass is 10.1. The maximum atomic E-state index is 11.6. The number of nitriles is 1. The quantitative estimate of drug-likeness (QED) is 0.647. The van der Waals surface area contributed by atoms with E-state index in [-0.39, 0.29) is 5.91 Å². The number of rotatable bonds is 5. The molecule has 0 atom stereocenters. The summed E-state index contributed by atoms with van der Waals surface area (Å²) in [5.74, 6) is 2.91. The number of piperazine rings is 1. The molecule has 0 bridgehead atoms. The lowest BCUT2D eigenvalue weighted by Crippen LogP contribution is -2.48. The smallest absolute Gasteiger partial charge is 0.219 e. The van der Waals surface area contributed by atoms with Crippen molar-refractivity contribution >= 4 is 23.4 Å². The Hall–Kier alpha value is -3.99. The number of amides is 1. The van der Waals surface area contributed by atoms with Crippen molar-refractivity contribution in [2.24, 2.45) is 0 Å². The van der Waals surface area contributed by atoms with Gasteiger partial charge in [-0.3, -0.25) is 4.79 Å². The summed E-state index contributed by atoms with van der Waals surface area (Å²) in [5.41, 5.74) is 3.61. The highest BCUT2D eigenvalue weighted by atomic mass is 16.2. The van der Waals surface area contributed by atoms with Crippen LogP contribution < -0.4 is 10.2 Å². The van der Waals surface area contributed by atoms with Gasteiger partial charge in [0.1, 0.15) is 17.5 Å². The molecular formula is C25H25N7O. The number of carbonyl (C=O) groups is 1. The second-order valence-corrected chi connectivity index (χ2v) is 8.51. The van der Waals surface area contributed by atoms with Crippen LogP contribution in [0.3, 0.4) is 0 Å². The third-order valence-corrected chi connectivity index (χ3v) is 6.13. The molecule has 8 nitrogen and oxygen atoms in total. The molecule has 5 rings (SSSR count). The maximum absolute atomic E-state index is 11.6. The number of anilines is 3. The number of hydrogen-bond donors (Lipinski definition) is 1. The van der Waals surface area contributed by atoms with Crippen LogP contribution in [0.5, 0.6) is 0 Å². The molecule has 0 spiro atoms. The molecule has 3 aromatic rings. The minimum Gasteiger partial charge on any atom is -0.353 e. The van der Waals surface area contributed by atoms with Crippen LogP contribution in [0.25, 0.3) is 11.3 Å². The molecule has 8 heteroatoms. The van der Waals surface area contributed by atoms with Crippen LogP contribution in [0.2, 0.25) is 0 Å². The Morgan fingerprint density at radius 1 is 1.06 bits per heavy atom. The molecule has 1 aliphatic carbocycles. The summed E-state index contributed by atoms with van der Waals surface area (Å²) in [7, 11) is 0. The first-order chi connectivity index (χ1) is 16.1. The van der Waals surface area contributed by atoms with Crippen LogP contribution in [0.4, 0.5) is 17.5 Å². The number of pyridine rings is 3. The fourth-order valence-electron chi connectivity index (χ4n) is 4.09. The van der Waals surface area contributed by atoms with Crippen molar-refractivity contribution in [3.8, 4) is 17.3 Å². The van der Waals surface area contributed by atoms with Gasteiger partial charge in [-0.15, -0.1) is 0 Å². The van der Waals surface area contributed by atoms with Crippen molar-refractivity contribution in [2.75, 3.05) is 36.4 Å². The lowest BCUT2D eigenvalue weighted by molar-refractivity contribution is -0.129. The molecule has 2 fully saturated rings. The van der Waals surface area contributed by atoms with Gasteiger partial charge in [0.15, 0.2) is 0 Å². The highest BCUT2D eigenvalue weighted by Crippen LogP contribution is 2.42. The van der Waals surface area contributed by atoms with Gasteiger partial charge in [0.2, 0.25) is 5.91 Å². The first kappa shape index (κ1) is 20.9. The van der Waals surface area contributed by atoms with Crippen LogP contribution in [0, 0.1) is 11.3 Å². The second-order valence-electron chi connectivity index (χ2n) is 8.51. The number of carbonyl (C=O) groups excluding carboxylic acids is 1. The van der Waals surface area contributed by atoms with Gasteiger partial charge < -0.3 is 15.1 Å². The zero-order valence-electron chi connectivity index (χ0n) is 18.5. The molecule has 1 saturated carbocycles. The SMILES string of the molecule is CC(=O)N1CCN(c2ccc(-c3cc(C4CC4)cc(Nc4cc(C#N)ccn4)n3)cn2)CC1. The molecule has 1 amide bonds. The van der Waals surface area contributed by atoms with Crippen LogP contribution in [0.1, 0.15) is 36.8 Å². The fourth-order valence-corrected chi connectivity index (χ4v) is 4.09. The van der Waals surface area contributed by atoms with Crippen molar-refractivity contribution < 1.29 is 4.79 Å². The number of aromatic nitrogens is 3. The van der Waals surface area contributed by atoms with Crippen LogP contribution in [-0.2, 0) is 4.79 Å². The number of nitrogens with zero attached hydrogens (tertiary/aromatic N) is 6. The molecule has 2 aliphatic rings. The summed E-state index contributed by atoms with van der Waals surface area (Å²) in [6.07, 6.45) is 5.86. The van der Waals surface area contributed by atoms with Gasteiger partial charge in [0.25, 0.3) is 0 Å². The van der Waals surface area contributed by atoms with Gasteiger partial charge in [-0.1, -0.05) is 0 Å². The zero-order valence-corrected chi connectivity index (χ0v) is 18.5. The van der Waals surface area contributed by atoms with E-state index in [0.29, 0.717) is 23.1 Å². The predicted octanol–water partition coefficient (Wildman–Crippen LogP) is 3.70. The largest absolute Gasteiger partial charge is 0.353 e. The van der Waals surface area contributed by atoms with Gasteiger partial charge in [-0.05, 0) is 60.7 Å². The summed E-state index contributed by atoms with van der Waals surface area (Å²) >= 11 is 0. The third-order valence-electron chi connectivity index (χ3n) is 6.13. The van der Waals surface area contributed by atoms with Crippen molar-refractivity contribution in [1.82, 2.24) is 19.9 Å². The topological polar surface area (TPSA) is 98.0 Å². The minimum atomic E-state index is 0.124. The van der Waals surface area contributed by atoms with Gasteiger partial charge in [0.05, 0.1) is 17.3 Å². The molecule has 0 radical (unpaired) electrons. The summed E-state index contributed by atoms with van der Waals surface area (Å²) in [5, 5.41) is 12.4. The van der Waals surface area contributed by atoms with E-state index in [2.05, 4.69) is 44.5 Å². The van der Waals surface area contributed by atoms with Crippen molar-refractivity contribution in [3.63, 3.8) is 0 Å². The van der Waals surface area contributed by atoms with E-state index < -0.39 is 0 Å². The zero-order chi connectivity index (χ0) is 22.8. The highest BCUT2D eigenvalue weighted by molar-refractivity contribution is 5.73. The van der Waals surface area contributed by atoms with E-state index in [1.807, 2.05) is 17.2 Å². The van der Waals surface area contributed by atoms with Crippen LogP contribution in [-0.4, -0.2) is 51.9 Å². The van der Waals surface area contributed by atoms with Gasteiger partial charge in [-0.25, -0.2) is 15.0 Å². The van der Waals surface area contributed by atoms with E-state index in [9.17, 15) is 4.79 Å². The molecule has 1 saturated heterocycles. The van der Waals surface area contributed by atoms with Crippen LogP contribution >= 0.6 is 0 Å². The Kier molecular flexibility index (Phi) is 5.61. The first-order valence-electron chi connectivity index (χ1n) is 11.2. The standard InChI is InChI=1S/C25H25N7O/c1-17(33)31-8-10-32(11-9-31)25-5-4-20(16-28-25)22-13-21(19-2-3-19)14-24(29-22)30-23-12-18(15-26)6-7-27-23/h4-7,12-14,16,19H,2-3,8-11H2,1H3,(H,27,29,30). The monoisotopic (exact) mass is 439 g/mol. The summed E-state index contributed by atoms with van der Waals surface area (Å²) in [6.45, 7) is 4.62. The molecule has 1 aliphatic heterocycles. The van der Waals surface area contributed by atoms with E-state index in [0.717, 1.165) is 43.3 Å². The van der Waals surface area contributed by atoms with E-state index in [1.54, 1.807) is 25.3 Å². The summed E-state index contributed by atoms with van der Waals surface area (Å²) in [6, 6.07) is 13.8. The maximum Gasteiger partial charge on any atom is 0.219 e. The number of nitrogens with one attached hydrogen (secondary N) is 1. The van der Waals surface area contributed by atoms with Crippen LogP contribution in [0.15, 0.2) is 48.8 Å². The minimum absolute atomic E-state index is 0.124. The highest BCUT2D eigenvalue weighted by Gasteiger charge is 2.25. The molecule has 4 heterocycles. The molecule has 33 heavy (non-hydrogen) atoms. The van der Waals surface area contributed by atoms with E-state index in [4.69, 9.17) is 10.2 Å². The first-order valence-corrected chi connectivity index (χ1v) is 11.2. The normalized spacial score (nSPS) is 15.8. The fraction of sp³-hybridized carbons (Fsp3) is 0.320. The average Bonchev–Trinajstić information content (AvgIpc) is 3.70. The van der Waals surface area contributed by atoms with Gasteiger partial charge >= 0.3 is 0 Å². The average molecular weight is 440 g/mol. The molecule has 3 aromatic heterocycles. The molecule has 166 valence electrons. The Morgan fingerprint density at radius 2 is 1.88 bits per heavy atom. The molecule has 0 aromatic carbocycles. The van der Waals surface area contributed by atoms with Gasteiger partial charge in [0, 0.05) is 51.1 Å². The van der Waals surface area contributed by atoms with E-state index in [1.165, 1.54) is 18.4 Å². The van der Waals surface area contributed by atoms with Crippen molar-refractivity contribution in [1.29, 1.82) is 5.26 Å². The predicted molar refractivity (Wildman–Crippen MR) is 126 cm³/mol. The van der Waals surface area contributed by atoms with Crippen molar-refractivity contribution in [2.45, 2.75) is 25.7 Å². The Balaban J connectivity index is 1.37. The second kappa shape index (κ2) is 8.87. The molecule has 0 unspecified atom stereocenters. The third kappa shape index (κ3) is 4.77.